The molecule has 0 saturated carbocycles. The zero-order valence-corrected chi connectivity index (χ0v) is 11.5. The standard InChI is InChI=1S/C14H22N4O/c1-2-3-6-17-14(19)12-5-4-9-18(11-12)13-10-15-7-8-16-13/h7-8,10,12H,2-6,9,11H2,1H3,(H,17,19)/t12-/m0/s1. The SMILES string of the molecule is CCCCNC(=O)[C@H]1CCCN(c2cnccn2)C1. The second-order valence-electron chi connectivity index (χ2n) is 4.99. The number of nitrogens with one attached hydrogen (secondary N) is 1. The maximum atomic E-state index is 12.1. The Morgan fingerprint density at radius 3 is 3.16 bits per heavy atom. The summed E-state index contributed by atoms with van der Waals surface area (Å²) >= 11 is 0. The van der Waals surface area contributed by atoms with Crippen molar-refractivity contribution < 1.29 is 4.79 Å². The number of aromatic nitrogens is 2. The third-order valence-corrected chi connectivity index (χ3v) is 3.50. The third-order valence-electron chi connectivity index (χ3n) is 3.50. The molecule has 0 spiro atoms. The molecule has 1 aliphatic heterocycles. The Morgan fingerprint density at radius 2 is 2.42 bits per heavy atom. The van der Waals surface area contributed by atoms with Gasteiger partial charge in [-0.3, -0.25) is 9.78 Å². The highest BCUT2D eigenvalue weighted by Gasteiger charge is 2.26. The fourth-order valence-corrected chi connectivity index (χ4v) is 2.39. The molecule has 104 valence electrons. The fourth-order valence-electron chi connectivity index (χ4n) is 2.39. The van der Waals surface area contributed by atoms with Gasteiger partial charge in [0.1, 0.15) is 5.82 Å². The minimum Gasteiger partial charge on any atom is -0.356 e. The highest BCUT2D eigenvalue weighted by atomic mass is 16.1. The van der Waals surface area contributed by atoms with Crippen molar-refractivity contribution in [2.24, 2.45) is 5.92 Å². The number of anilines is 1. The van der Waals surface area contributed by atoms with Gasteiger partial charge in [0.15, 0.2) is 0 Å². The van der Waals surface area contributed by atoms with E-state index in [0.29, 0.717) is 0 Å². The third kappa shape index (κ3) is 3.91. The van der Waals surface area contributed by atoms with Gasteiger partial charge in [-0.1, -0.05) is 13.3 Å². The smallest absolute Gasteiger partial charge is 0.224 e. The van der Waals surface area contributed by atoms with E-state index in [9.17, 15) is 4.79 Å². The molecule has 1 fully saturated rings. The van der Waals surface area contributed by atoms with Gasteiger partial charge < -0.3 is 10.2 Å². The summed E-state index contributed by atoms with van der Waals surface area (Å²) in [4.78, 5) is 22.6. The van der Waals surface area contributed by atoms with E-state index in [2.05, 4.69) is 27.1 Å². The van der Waals surface area contributed by atoms with Crippen LogP contribution in [0.25, 0.3) is 0 Å². The fraction of sp³-hybridized carbons (Fsp3) is 0.643. The van der Waals surface area contributed by atoms with Gasteiger partial charge in [-0.25, -0.2) is 4.98 Å². The minimum atomic E-state index is 0.0765. The van der Waals surface area contributed by atoms with E-state index in [1.807, 2.05) is 0 Å². The highest BCUT2D eigenvalue weighted by Crippen LogP contribution is 2.20. The van der Waals surface area contributed by atoms with Crippen molar-refractivity contribution in [1.82, 2.24) is 15.3 Å². The first-order chi connectivity index (χ1) is 9.31. The van der Waals surface area contributed by atoms with Crippen LogP contribution in [-0.2, 0) is 4.79 Å². The molecule has 0 unspecified atom stereocenters. The van der Waals surface area contributed by atoms with Gasteiger partial charge in [-0.2, -0.15) is 0 Å². The van der Waals surface area contributed by atoms with Crippen LogP contribution in [0.2, 0.25) is 0 Å². The number of piperidine rings is 1. The molecule has 2 heterocycles. The van der Waals surface area contributed by atoms with Gasteiger partial charge in [0, 0.05) is 32.0 Å². The molecule has 5 nitrogen and oxygen atoms in total. The molecular formula is C14H22N4O. The van der Waals surface area contributed by atoms with Crippen LogP contribution in [0.1, 0.15) is 32.6 Å². The van der Waals surface area contributed by atoms with E-state index >= 15 is 0 Å². The van der Waals surface area contributed by atoms with Crippen LogP contribution in [0.3, 0.4) is 0 Å². The number of carbonyl (C=O) groups is 1. The lowest BCUT2D eigenvalue weighted by Crippen LogP contribution is -2.43. The Balaban J connectivity index is 1.88. The summed E-state index contributed by atoms with van der Waals surface area (Å²) < 4.78 is 0. The normalized spacial score (nSPS) is 19.2. The largest absolute Gasteiger partial charge is 0.356 e. The Morgan fingerprint density at radius 1 is 1.53 bits per heavy atom. The van der Waals surface area contributed by atoms with Crippen LogP contribution in [-0.4, -0.2) is 35.5 Å². The van der Waals surface area contributed by atoms with Crippen molar-refractivity contribution in [2.45, 2.75) is 32.6 Å². The zero-order valence-electron chi connectivity index (χ0n) is 11.5. The first-order valence-corrected chi connectivity index (χ1v) is 7.10. The average molecular weight is 262 g/mol. The number of unbranched alkanes of at least 4 members (excludes halogenated alkanes) is 1. The summed E-state index contributed by atoms with van der Waals surface area (Å²) in [5.74, 6) is 1.13. The number of carbonyl (C=O) groups excluding carboxylic acids is 1. The van der Waals surface area contributed by atoms with Crippen molar-refractivity contribution in [3.8, 4) is 0 Å². The highest BCUT2D eigenvalue weighted by molar-refractivity contribution is 5.79. The van der Waals surface area contributed by atoms with Crippen LogP contribution in [0.4, 0.5) is 5.82 Å². The molecule has 1 amide bonds. The molecule has 0 bridgehead atoms. The summed E-state index contributed by atoms with van der Waals surface area (Å²) in [5.41, 5.74) is 0. The molecule has 1 aromatic heterocycles. The van der Waals surface area contributed by atoms with Crippen LogP contribution >= 0.6 is 0 Å². The predicted octanol–water partition coefficient (Wildman–Crippen LogP) is 1.61. The summed E-state index contributed by atoms with van der Waals surface area (Å²) in [6.45, 7) is 4.62. The quantitative estimate of drug-likeness (QED) is 0.819. The van der Waals surface area contributed by atoms with E-state index in [4.69, 9.17) is 0 Å². The van der Waals surface area contributed by atoms with Gasteiger partial charge in [-0.05, 0) is 19.3 Å². The Labute approximate surface area is 114 Å². The van der Waals surface area contributed by atoms with E-state index in [1.54, 1.807) is 18.6 Å². The van der Waals surface area contributed by atoms with Gasteiger partial charge >= 0.3 is 0 Å². The van der Waals surface area contributed by atoms with Gasteiger partial charge in [0.25, 0.3) is 0 Å². The number of hydrogen-bond donors (Lipinski definition) is 1. The second-order valence-corrected chi connectivity index (χ2v) is 4.99. The Hall–Kier alpha value is -1.65. The average Bonchev–Trinajstić information content (AvgIpc) is 2.48. The molecule has 2 rings (SSSR count). The number of amides is 1. The zero-order chi connectivity index (χ0) is 13.5. The molecule has 1 aliphatic rings. The molecule has 5 heteroatoms. The first-order valence-electron chi connectivity index (χ1n) is 7.10. The topological polar surface area (TPSA) is 58.1 Å². The Bertz CT molecular complexity index is 396. The summed E-state index contributed by atoms with van der Waals surface area (Å²) in [6.07, 6.45) is 9.28. The van der Waals surface area contributed by atoms with E-state index in [1.165, 1.54) is 0 Å². The Kier molecular flexibility index (Phi) is 5.12. The lowest BCUT2D eigenvalue weighted by Gasteiger charge is -2.32. The van der Waals surface area contributed by atoms with Crippen molar-refractivity contribution >= 4 is 11.7 Å². The molecule has 1 N–H and O–H groups in total. The predicted molar refractivity (Wildman–Crippen MR) is 74.9 cm³/mol. The molecule has 19 heavy (non-hydrogen) atoms. The van der Waals surface area contributed by atoms with E-state index < -0.39 is 0 Å². The summed E-state index contributed by atoms with van der Waals surface area (Å²) in [5, 5.41) is 3.02. The van der Waals surface area contributed by atoms with Crippen LogP contribution in [0, 0.1) is 5.92 Å². The van der Waals surface area contributed by atoms with Crippen LogP contribution in [0.15, 0.2) is 18.6 Å². The minimum absolute atomic E-state index is 0.0765. The van der Waals surface area contributed by atoms with Gasteiger partial charge in [0.2, 0.25) is 5.91 Å². The van der Waals surface area contributed by atoms with Crippen molar-refractivity contribution in [3.05, 3.63) is 18.6 Å². The van der Waals surface area contributed by atoms with E-state index in [-0.39, 0.29) is 11.8 Å². The van der Waals surface area contributed by atoms with Crippen molar-refractivity contribution in [1.29, 1.82) is 0 Å². The summed E-state index contributed by atoms with van der Waals surface area (Å²) in [6, 6.07) is 0. The molecule has 1 atom stereocenters. The van der Waals surface area contributed by atoms with E-state index in [0.717, 1.165) is 51.1 Å². The molecule has 1 saturated heterocycles. The van der Waals surface area contributed by atoms with Gasteiger partial charge in [0.05, 0.1) is 12.1 Å². The van der Waals surface area contributed by atoms with Crippen LogP contribution in [0.5, 0.6) is 0 Å². The summed E-state index contributed by atoms with van der Waals surface area (Å²) in [7, 11) is 0. The first kappa shape index (κ1) is 13.8. The number of hydrogen-bond acceptors (Lipinski definition) is 4. The molecular weight excluding hydrogens is 240 g/mol. The maximum absolute atomic E-state index is 12.1. The number of nitrogens with zero attached hydrogens (tertiary/aromatic N) is 3. The van der Waals surface area contributed by atoms with Crippen molar-refractivity contribution in [2.75, 3.05) is 24.5 Å². The second kappa shape index (κ2) is 7.07. The lowest BCUT2D eigenvalue weighted by atomic mass is 9.97. The monoisotopic (exact) mass is 262 g/mol. The van der Waals surface area contributed by atoms with Crippen LogP contribution < -0.4 is 10.2 Å². The maximum Gasteiger partial charge on any atom is 0.224 e. The molecule has 0 aromatic carbocycles. The molecule has 0 aliphatic carbocycles. The number of rotatable bonds is 5. The molecule has 0 radical (unpaired) electrons. The molecule has 1 aromatic rings. The van der Waals surface area contributed by atoms with Gasteiger partial charge in [-0.15, -0.1) is 0 Å². The van der Waals surface area contributed by atoms with Crippen molar-refractivity contribution in [3.63, 3.8) is 0 Å². The lowest BCUT2D eigenvalue weighted by molar-refractivity contribution is -0.125.